The lowest BCUT2D eigenvalue weighted by Crippen LogP contribution is -2.44. The first-order valence-corrected chi connectivity index (χ1v) is 13.4. The van der Waals surface area contributed by atoms with E-state index in [0.29, 0.717) is 22.5 Å². The Balaban J connectivity index is 1.81. The van der Waals surface area contributed by atoms with Gasteiger partial charge in [-0.15, -0.1) is 11.8 Å². The minimum atomic E-state index is -0.759. The molecule has 0 saturated heterocycles. The molecule has 1 N–H and O–H groups in total. The molecule has 39 heavy (non-hydrogen) atoms. The molecule has 5 rings (SSSR count). The van der Waals surface area contributed by atoms with Crippen molar-refractivity contribution < 1.29 is 22.8 Å². The van der Waals surface area contributed by atoms with E-state index < -0.39 is 22.7 Å². The van der Waals surface area contributed by atoms with Gasteiger partial charge >= 0.3 is 0 Å². The fourth-order valence-corrected chi connectivity index (χ4v) is 5.78. The Bertz CT molecular complexity index is 1520. The number of hydrogen-bond acceptors (Lipinski definition) is 4. The molecule has 0 aliphatic carbocycles. The van der Waals surface area contributed by atoms with Gasteiger partial charge < -0.3 is 5.32 Å². The molecule has 2 amide bonds. The first-order valence-electron chi connectivity index (χ1n) is 12.3. The Morgan fingerprint density at radius 2 is 1.72 bits per heavy atom. The summed E-state index contributed by atoms with van der Waals surface area (Å²) in [6, 6.07) is 17.9. The van der Waals surface area contributed by atoms with Crippen LogP contribution in [0.25, 0.3) is 16.9 Å². The number of hydrogen-bond donors (Lipinski definition) is 1. The molecule has 0 bridgehead atoms. The van der Waals surface area contributed by atoms with Crippen LogP contribution in [0.1, 0.15) is 30.2 Å². The lowest BCUT2D eigenvalue weighted by Gasteiger charge is -2.24. The predicted molar refractivity (Wildman–Crippen MR) is 145 cm³/mol. The highest BCUT2D eigenvalue weighted by atomic mass is 32.2. The number of carbonyl (C=O) groups is 2. The smallest absolute Gasteiger partial charge is 0.240 e. The van der Waals surface area contributed by atoms with Crippen molar-refractivity contribution in [1.29, 1.82) is 0 Å². The quantitative estimate of drug-likeness (QED) is 0.337. The Morgan fingerprint density at radius 1 is 1.03 bits per heavy atom. The zero-order chi connectivity index (χ0) is 27.7. The summed E-state index contributed by atoms with van der Waals surface area (Å²) in [5.74, 6) is -2.49. The molecular weight excluding hydrogens is 525 g/mol. The van der Waals surface area contributed by atoms with Gasteiger partial charge in [0.2, 0.25) is 11.8 Å². The van der Waals surface area contributed by atoms with Crippen molar-refractivity contribution in [3.63, 3.8) is 0 Å². The van der Waals surface area contributed by atoms with E-state index in [-0.39, 0.29) is 41.5 Å². The third-order valence-electron chi connectivity index (χ3n) is 6.20. The number of thioether (sulfide) groups is 1. The van der Waals surface area contributed by atoms with E-state index >= 15 is 4.39 Å². The van der Waals surface area contributed by atoms with Crippen molar-refractivity contribution >= 4 is 29.4 Å². The summed E-state index contributed by atoms with van der Waals surface area (Å²) in [6.07, 6.45) is 0. The highest BCUT2D eigenvalue weighted by Crippen LogP contribution is 2.49. The Kier molecular flexibility index (Phi) is 7.47. The van der Waals surface area contributed by atoms with Gasteiger partial charge in [-0.3, -0.25) is 14.5 Å². The summed E-state index contributed by atoms with van der Waals surface area (Å²) in [7, 11) is 0. The van der Waals surface area contributed by atoms with E-state index in [1.165, 1.54) is 57.7 Å². The van der Waals surface area contributed by atoms with E-state index in [2.05, 4.69) is 5.32 Å². The van der Waals surface area contributed by atoms with Crippen LogP contribution in [0.4, 0.5) is 19.0 Å². The van der Waals surface area contributed by atoms with E-state index in [4.69, 9.17) is 5.10 Å². The van der Waals surface area contributed by atoms with Gasteiger partial charge in [-0.05, 0) is 44.2 Å². The second-order valence-corrected chi connectivity index (χ2v) is 10.5. The fraction of sp³-hybridized carbons (Fsp3) is 0.207. The van der Waals surface area contributed by atoms with Crippen molar-refractivity contribution in [3.8, 4) is 16.9 Å². The van der Waals surface area contributed by atoms with Crippen molar-refractivity contribution in [1.82, 2.24) is 15.1 Å². The van der Waals surface area contributed by atoms with Crippen molar-refractivity contribution in [2.45, 2.75) is 25.1 Å². The number of halogens is 3. The number of benzene rings is 3. The number of carbonyl (C=O) groups excluding carboxylic acids is 2. The number of amides is 2. The highest BCUT2D eigenvalue weighted by molar-refractivity contribution is 8.00. The number of nitrogens with one attached hydrogen (secondary N) is 1. The largest absolute Gasteiger partial charge is 0.352 e. The van der Waals surface area contributed by atoms with Crippen molar-refractivity contribution in [3.05, 3.63) is 101 Å². The van der Waals surface area contributed by atoms with Gasteiger partial charge in [-0.25, -0.2) is 17.9 Å². The number of rotatable bonds is 6. The molecule has 1 aromatic heterocycles. The van der Waals surface area contributed by atoms with Crippen LogP contribution < -0.4 is 10.2 Å². The molecule has 1 aliphatic rings. The Hall–Kier alpha value is -4.05. The van der Waals surface area contributed by atoms with Crippen LogP contribution in [0.3, 0.4) is 0 Å². The average Bonchev–Trinajstić information content (AvgIpc) is 3.22. The maximum absolute atomic E-state index is 15.2. The van der Waals surface area contributed by atoms with E-state index in [1.54, 1.807) is 0 Å². The average molecular weight is 551 g/mol. The summed E-state index contributed by atoms with van der Waals surface area (Å²) >= 11 is 1.17. The maximum atomic E-state index is 15.2. The third kappa shape index (κ3) is 5.42. The standard InChI is InChI=1S/C29H25F3N4O2S/c1-17(2)33-24(37)15-35-25(38)16-39-28(22-13-10-20(31)14-23(22)32)26-27(18-6-4-3-5-7-18)34-36(29(26)35)21-11-8-19(30)9-12-21/h3-14,17,28H,15-16H2,1-2H3,(H,33,37). The topological polar surface area (TPSA) is 67.2 Å². The SMILES string of the molecule is CC(C)NC(=O)CN1C(=O)CSC(c2ccc(F)cc2F)c2c(-c3ccccc3)nn(-c3ccc(F)cc3)c21. The van der Waals surface area contributed by atoms with Crippen LogP contribution in [0, 0.1) is 17.5 Å². The molecular formula is C29H25F3N4O2S. The van der Waals surface area contributed by atoms with Gasteiger partial charge in [0.1, 0.15) is 29.8 Å². The summed E-state index contributed by atoms with van der Waals surface area (Å²) in [6.45, 7) is 3.32. The predicted octanol–water partition coefficient (Wildman–Crippen LogP) is 5.65. The first-order chi connectivity index (χ1) is 18.7. The Labute approximate surface area is 227 Å². The molecule has 0 fully saturated rings. The lowest BCUT2D eigenvalue weighted by atomic mass is 9.99. The fourth-order valence-electron chi connectivity index (χ4n) is 4.56. The summed E-state index contributed by atoms with van der Waals surface area (Å²) < 4.78 is 44.4. The number of aromatic nitrogens is 2. The molecule has 2 heterocycles. The molecule has 4 aromatic rings. The molecule has 200 valence electrons. The third-order valence-corrected chi connectivity index (χ3v) is 7.44. The van der Waals surface area contributed by atoms with Gasteiger partial charge in [0.05, 0.1) is 22.4 Å². The van der Waals surface area contributed by atoms with E-state index in [9.17, 15) is 18.4 Å². The minimum absolute atomic E-state index is 0.0667. The van der Waals surface area contributed by atoms with E-state index in [1.807, 2.05) is 44.2 Å². The number of nitrogens with zero attached hydrogens (tertiary/aromatic N) is 3. The first kappa shape index (κ1) is 26.6. The minimum Gasteiger partial charge on any atom is -0.352 e. The van der Waals surface area contributed by atoms with Gasteiger partial charge in [-0.2, -0.15) is 5.10 Å². The zero-order valence-corrected chi connectivity index (χ0v) is 22.0. The van der Waals surface area contributed by atoms with E-state index in [0.717, 1.165) is 6.07 Å². The Morgan fingerprint density at radius 3 is 2.38 bits per heavy atom. The molecule has 1 unspecified atom stereocenters. The summed E-state index contributed by atoms with van der Waals surface area (Å²) in [5, 5.41) is 6.89. The van der Waals surface area contributed by atoms with Gasteiger partial charge in [-0.1, -0.05) is 36.4 Å². The van der Waals surface area contributed by atoms with Crippen LogP contribution in [0.15, 0.2) is 72.8 Å². The molecule has 0 spiro atoms. The zero-order valence-electron chi connectivity index (χ0n) is 21.2. The lowest BCUT2D eigenvalue weighted by molar-refractivity contribution is -0.123. The number of fused-ring (bicyclic) bond motifs is 1. The molecule has 0 radical (unpaired) electrons. The van der Waals surface area contributed by atoms with Crippen LogP contribution in [-0.4, -0.2) is 39.9 Å². The molecule has 10 heteroatoms. The van der Waals surface area contributed by atoms with Crippen LogP contribution in [-0.2, 0) is 9.59 Å². The number of anilines is 1. The molecule has 1 atom stereocenters. The molecule has 0 saturated carbocycles. The second kappa shape index (κ2) is 11.0. The summed E-state index contributed by atoms with van der Waals surface area (Å²) in [4.78, 5) is 27.8. The second-order valence-electron chi connectivity index (χ2n) is 9.40. The summed E-state index contributed by atoms with van der Waals surface area (Å²) in [5.41, 5.74) is 2.27. The normalized spacial score (nSPS) is 15.3. The van der Waals surface area contributed by atoms with Gasteiger partial charge in [0.15, 0.2) is 0 Å². The van der Waals surface area contributed by atoms with Gasteiger partial charge in [0, 0.05) is 28.8 Å². The monoisotopic (exact) mass is 550 g/mol. The molecule has 6 nitrogen and oxygen atoms in total. The van der Waals surface area contributed by atoms with Crippen LogP contribution in [0.5, 0.6) is 0 Å². The van der Waals surface area contributed by atoms with Crippen LogP contribution >= 0.6 is 11.8 Å². The van der Waals surface area contributed by atoms with Crippen LogP contribution in [0.2, 0.25) is 0 Å². The maximum Gasteiger partial charge on any atom is 0.240 e. The van der Waals surface area contributed by atoms with Crippen molar-refractivity contribution in [2.24, 2.45) is 0 Å². The molecule has 1 aliphatic heterocycles. The highest BCUT2D eigenvalue weighted by Gasteiger charge is 2.38. The van der Waals surface area contributed by atoms with Crippen molar-refractivity contribution in [2.75, 3.05) is 17.2 Å². The molecule has 3 aromatic carbocycles. The van der Waals surface area contributed by atoms with Gasteiger partial charge in [0.25, 0.3) is 0 Å².